The van der Waals surface area contributed by atoms with Crippen LogP contribution in [-0.2, 0) is 11.2 Å². The highest BCUT2D eigenvalue weighted by molar-refractivity contribution is 5.85. The molecule has 22 heavy (non-hydrogen) atoms. The number of benzene rings is 1. The van der Waals surface area contributed by atoms with Crippen molar-refractivity contribution >= 4 is 18.3 Å². The Bertz CT molecular complexity index is 471. The predicted octanol–water partition coefficient (Wildman–Crippen LogP) is 2.65. The fourth-order valence-corrected chi connectivity index (χ4v) is 2.71. The maximum atomic E-state index is 12.5. The first-order valence-corrected chi connectivity index (χ1v) is 7.79. The molecule has 0 saturated carbocycles. The van der Waals surface area contributed by atoms with Gasteiger partial charge in [0, 0.05) is 24.7 Å². The molecular weight excluding hydrogens is 300 g/mol. The van der Waals surface area contributed by atoms with Gasteiger partial charge in [0.25, 0.3) is 0 Å². The molecule has 1 aliphatic rings. The lowest BCUT2D eigenvalue weighted by atomic mass is 10.0. The van der Waals surface area contributed by atoms with Crippen LogP contribution in [0.4, 0.5) is 0 Å². The van der Waals surface area contributed by atoms with E-state index in [0.717, 1.165) is 37.2 Å². The lowest BCUT2D eigenvalue weighted by Crippen LogP contribution is -2.44. The second kappa shape index (κ2) is 9.01. The van der Waals surface area contributed by atoms with E-state index in [1.807, 2.05) is 50.1 Å². The van der Waals surface area contributed by atoms with E-state index in [4.69, 9.17) is 4.74 Å². The molecule has 0 spiro atoms. The summed E-state index contributed by atoms with van der Waals surface area (Å²) in [7, 11) is 1.99. The Kier molecular flexibility index (Phi) is 7.69. The third kappa shape index (κ3) is 5.18. The van der Waals surface area contributed by atoms with Gasteiger partial charge in [0.1, 0.15) is 5.75 Å². The molecule has 0 aliphatic carbocycles. The van der Waals surface area contributed by atoms with Crippen LogP contribution in [0.25, 0.3) is 0 Å². The van der Waals surface area contributed by atoms with Gasteiger partial charge in [-0.25, -0.2) is 0 Å². The third-order valence-electron chi connectivity index (χ3n) is 3.93. The van der Waals surface area contributed by atoms with Crippen molar-refractivity contribution in [1.29, 1.82) is 0 Å². The number of nitrogens with zero attached hydrogens (tertiary/aromatic N) is 1. The summed E-state index contributed by atoms with van der Waals surface area (Å²) in [5.41, 5.74) is 0.979. The number of ether oxygens (including phenoxy) is 1. The standard InChI is InChI=1S/C17H26N2O2.ClH/c1-13(2)21-16-7-5-4-6-14(16)12-17(20)19-10-8-15(18-3)9-11-19;/h4-7,13,15,18H,8-12H2,1-3H3;1H. The van der Waals surface area contributed by atoms with Gasteiger partial charge in [0.05, 0.1) is 12.5 Å². The number of carbonyl (C=O) groups excluding carboxylic acids is 1. The van der Waals surface area contributed by atoms with Gasteiger partial charge in [0.2, 0.25) is 5.91 Å². The number of amides is 1. The third-order valence-corrected chi connectivity index (χ3v) is 3.93. The van der Waals surface area contributed by atoms with Gasteiger partial charge in [0.15, 0.2) is 0 Å². The lowest BCUT2D eigenvalue weighted by molar-refractivity contribution is -0.131. The molecule has 1 amide bonds. The monoisotopic (exact) mass is 326 g/mol. The maximum absolute atomic E-state index is 12.5. The number of likely N-dealkylation sites (tertiary alicyclic amines) is 1. The molecule has 0 aromatic heterocycles. The number of hydrogen-bond acceptors (Lipinski definition) is 3. The van der Waals surface area contributed by atoms with Crippen molar-refractivity contribution in [3.05, 3.63) is 29.8 Å². The second-order valence-electron chi connectivity index (χ2n) is 5.89. The summed E-state index contributed by atoms with van der Waals surface area (Å²) in [6, 6.07) is 8.38. The molecule has 1 aromatic carbocycles. The van der Waals surface area contributed by atoms with Crippen LogP contribution in [0.1, 0.15) is 32.3 Å². The quantitative estimate of drug-likeness (QED) is 0.904. The van der Waals surface area contributed by atoms with E-state index in [0.29, 0.717) is 12.5 Å². The summed E-state index contributed by atoms with van der Waals surface area (Å²) in [5, 5.41) is 3.29. The van der Waals surface area contributed by atoms with E-state index in [2.05, 4.69) is 5.32 Å². The minimum Gasteiger partial charge on any atom is -0.491 e. The molecule has 124 valence electrons. The Balaban J connectivity index is 0.00000242. The molecule has 4 nitrogen and oxygen atoms in total. The van der Waals surface area contributed by atoms with Crippen molar-refractivity contribution in [2.45, 2.75) is 45.3 Å². The Labute approximate surface area is 139 Å². The minimum atomic E-state index is 0. The van der Waals surface area contributed by atoms with Gasteiger partial charge >= 0.3 is 0 Å². The molecule has 5 heteroatoms. The summed E-state index contributed by atoms with van der Waals surface area (Å²) < 4.78 is 5.79. The van der Waals surface area contributed by atoms with Crippen LogP contribution in [0.5, 0.6) is 5.75 Å². The van der Waals surface area contributed by atoms with E-state index < -0.39 is 0 Å². The zero-order valence-electron chi connectivity index (χ0n) is 13.7. The highest BCUT2D eigenvalue weighted by atomic mass is 35.5. The zero-order chi connectivity index (χ0) is 15.2. The summed E-state index contributed by atoms with van der Waals surface area (Å²) in [4.78, 5) is 14.4. The lowest BCUT2D eigenvalue weighted by Gasteiger charge is -2.32. The van der Waals surface area contributed by atoms with Crippen molar-refractivity contribution < 1.29 is 9.53 Å². The Hall–Kier alpha value is -1.26. The van der Waals surface area contributed by atoms with Crippen molar-refractivity contribution in [3.8, 4) is 5.75 Å². The van der Waals surface area contributed by atoms with E-state index in [1.54, 1.807) is 0 Å². The summed E-state index contributed by atoms with van der Waals surface area (Å²) in [6.45, 7) is 5.69. The topological polar surface area (TPSA) is 41.6 Å². The van der Waals surface area contributed by atoms with E-state index in [1.165, 1.54) is 0 Å². The van der Waals surface area contributed by atoms with Gasteiger partial charge in [-0.15, -0.1) is 12.4 Å². The normalized spacial score (nSPS) is 15.5. The number of carbonyl (C=O) groups is 1. The molecule has 0 unspecified atom stereocenters. The molecule has 1 heterocycles. The molecule has 1 N–H and O–H groups in total. The van der Waals surface area contributed by atoms with Gasteiger partial charge in [-0.1, -0.05) is 18.2 Å². The van der Waals surface area contributed by atoms with Crippen LogP contribution in [0.3, 0.4) is 0 Å². The predicted molar refractivity (Wildman–Crippen MR) is 91.8 cm³/mol. The van der Waals surface area contributed by atoms with Crippen molar-refractivity contribution in [2.24, 2.45) is 0 Å². The van der Waals surface area contributed by atoms with Gasteiger partial charge in [-0.05, 0) is 39.8 Å². The van der Waals surface area contributed by atoms with Crippen LogP contribution in [-0.4, -0.2) is 43.1 Å². The molecule has 2 rings (SSSR count). The Morgan fingerprint density at radius 1 is 1.32 bits per heavy atom. The van der Waals surface area contributed by atoms with Crippen LogP contribution < -0.4 is 10.1 Å². The van der Waals surface area contributed by atoms with Crippen LogP contribution in [0.15, 0.2) is 24.3 Å². The molecule has 0 bridgehead atoms. The first-order chi connectivity index (χ1) is 10.1. The Morgan fingerprint density at radius 2 is 1.95 bits per heavy atom. The highest BCUT2D eigenvalue weighted by Gasteiger charge is 2.22. The SMILES string of the molecule is CNC1CCN(C(=O)Cc2ccccc2OC(C)C)CC1.Cl. The number of hydrogen-bond donors (Lipinski definition) is 1. The van der Waals surface area contributed by atoms with Crippen LogP contribution in [0.2, 0.25) is 0 Å². The largest absolute Gasteiger partial charge is 0.491 e. The molecule has 1 aliphatic heterocycles. The van der Waals surface area contributed by atoms with Crippen molar-refractivity contribution in [1.82, 2.24) is 10.2 Å². The number of rotatable bonds is 5. The minimum absolute atomic E-state index is 0. The first-order valence-electron chi connectivity index (χ1n) is 7.79. The van der Waals surface area contributed by atoms with E-state index in [9.17, 15) is 4.79 Å². The molecule has 0 atom stereocenters. The van der Waals surface area contributed by atoms with Crippen molar-refractivity contribution in [2.75, 3.05) is 20.1 Å². The van der Waals surface area contributed by atoms with Gasteiger partial charge in [-0.2, -0.15) is 0 Å². The van der Waals surface area contributed by atoms with Crippen LogP contribution in [0, 0.1) is 0 Å². The smallest absolute Gasteiger partial charge is 0.227 e. The summed E-state index contributed by atoms with van der Waals surface area (Å²) >= 11 is 0. The molecular formula is C17H27ClN2O2. The average molecular weight is 327 g/mol. The van der Waals surface area contributed by atoms with Crippen LogP contribution >= 0.6 is 12.4 Å². The number of halogens is 1. The molecule has 1 fully saturated rings. The first kappa shape index (κ1) is 18.8. The molecule has 1 saturated heterocycles. The molecule has 0 radical (unpaired) electrons. The number of nitrogens with one attached hydrogen (secondary N) is 1. The maximum Gasteiger partial charge on any atom is 0.227 e. The van der Waals surface area contributed by atoms with E-state index >= 15 is 0 Å². The average Bonchev–Trinajstić information content (AvgIpc) is 2.49. The summed E-state index contributed by atoms with van der Waals surface area (Å²) in [6.07, 6.45) is 2.61. The second-order valence-corrected chi connectivity index (χ2v) is 5.89. The fraction of sp³-hybridized carbons (Fsp3) is 0.588. The fourth-order valence-electron chi connectivity index (χ4n) is 2.71. The summed E-state index contributed by atoms with van der Waals surface area (Å²) in [5.74, 6) is 1.02. The van der Waals surface area contributed by atoms with Crippen molar-refractivity contribution in [3.63, 3.8) is 0 Å². The van der Waals surface area contributed by atoms with Gasteiger partial charge < -0.3 is 15.0 Å². The van der Waals surface area contributed by atoms with E-state index in [-0.39, 0.29) is 24.4 Å². The zero-order valence-corrected chi connectivity index (χ0v) is 14.5. The Morgan fingerprint density at radius 3 is 2.55 bits per heavy atom. The molecule has 1 aromatic rings. The number of piperidine rings is 1. The highest BCUT2D eigenvalue weighted by Crippen LogP contribution is 2.21. The van der Waals surface area contributed by atoms with Gasteiger partial charge in [-0.3, -0.25) is 4.79 Å². The number of para-hydroxylation sites is 1.